The van der Waals surface area contributed by atoms with Crippen LogP contribution < -0.4 is 11.2 Å². The fourth-order valence-corrected chi connectivity index (χ4v) is 4.09. The number of hydrogen-bond donors (Lipinski definition) is 3. The minimum Gasteiger partial charge on any atom is -0.368 e. The van der Waals surface area contributed by atoms with Gasteiger partial charge in [-0.1, -0.05) is 6.92 Å². The van der Waals surface area contributed by atoms with Gasteiger partial charge in [-0.25, -0.2) is 14.4 Å². The largest absolute Gasteiger partial charge is 0.368 e. The number of alkyl halides is 1. The Bertz CT molecular complexity index is 793. The van der Waals surface area contributed by atoms with Crippen LogP contribution in [0, 0.1) is 5.92 Å². The molecule has 7 nitrogen and oxygen atoms in total. The summed E-state index contributed by atoms with van der Waals surface area (Å²) in [7, 11) is 0. The number of pyridine rings is 1. The monoisotopic (exact) mass is 346 g/mol. The Hall–Kier alpha value is -2.19. The maximum atomic E-state index is 14.8. The second-order valence-corrected chi connectivity index (χ2v) is 6.84. The summed E-state index contributed by atoms with van der Waals surface area (Å²) >= 11 is 0. The van der Waals surface area contributed by atoms with E-state index in [9.17, 15) is 9.18 Å². The van der Waals surface area contributed by atoms with Crippen LogP contribution in [0.25, 0.3) is 11.0 Å². The maximum Gasteiger partial charge on any atom is 0.237 e. The first-order valence-corrected chi connectivity index (χ1v) is 8.72. The van der Waals surface area contributed by atoms with E-state index in [0.717, 1.165) is 35.4 Å². The lowest BCUT2D eigenvalue weighted by Gasteiger charge is -2.39. The number of primary amides is 1. The lowest BCUT2D eigenvalue weighted by Crippen LogP contribution is -2.56. The van der Waals surface area contributed by atoms with Crippen molar-refractivity contribution in [3.8, 4) is 0 Å². The first-order chi connectivity index (χ1) is 12.1. The normalized spacial score (nSPS) is 25.7. The molecule has 134 valence electrons. The third-order valence-corrected chi connectivity index (χ3v) is 5.45. The van der Waals surface area contributed by atoms with Gasteiger partial charge in [0.1, 0.15) is 17.9 Å². The standard InChI is InChI=1S/C17H23FN6O/c1-2-23-6-4-11(13(18)9-23)15(16(19)25)24-8-12-10-3-5-20-17(10)21-7-14(12)22-24/h3,5,7,11,13,15,22H,2,4,6,8-9H2,1H3,(H2,19,25)(H,20,21)/t11-,13+,15?/m0/s1. The number of nitrogens with two attached hydrogens (primary N) is 1. The average Bonchev–Trinajstić information content (AvgIpc) is 3.21. The Kier molecular flexibility index (Phi) is 4.09. The van der Waals surface area contributed by atoms with Crippen molar-refractivity contribution in [2.45, 2.75) is 32.1 Å². The second-order valence-electron chi connectivity index (χ2n) is 6.84. The number of fused-ring (bicyclic) bond motifs is 3. The Balaban J connectivity index is 1.59. The molecule has 1 fully saturated rings. The number of amides is 1. The van der Waals surface area contributed by atoms with Crippen molar-refractivity contribution < 1.29 is 9.18 Å². The van der Waals surface area contributed by atoms with Crippen LogP contribution in [-0.2, 0) is 11.3 Å². The molecule has 25 heavy (non-hydrogen) atoms. The number of nitrogens with zero attached hydrogens (tertiary/aromatic N) is 3. The van der Waals surface area contributed by atoms with Gasteiger partial charge in [0.2, 0.25) is 5.91 Å². The highest BCUT2D eigenvalue weighted by molar-refractivity contribution is 5.86. The minimum atomic E-state index is -1.07. The van der Waals surface area contributed by atoms with Crippen LogP contribution in [0.15, 0.2) is 18.5 Å². The predicted octanol–water partition coefficient (Wildman–Crippen LogP) is 1.24. The molecule has 4 rings (SSSR count). The molecule has 3 atom stereocenters. The van der Waals surface area contributed by atoms with E-state index in [-0.39, 0.29) is 0 Å². The fourth-order valence-electron chi connectivity index (χ4n) is 4.09. The second kappa shape index (κ2) is 6.27. The minimum absolute atomic E-state index is 0.356. The van der Waals surface area contributed by atoms with Crippen LogP contribution >= 0.6 is 0 Å². The molecule has 1 amide bonds. The van der Waals surface area contributed by atoms with Crippen LogP contribution in [-0.4, -0.2) is 57.6 Å². The summed E-state index contributed by atoms with van der Waals surface area (Å²) in [6.07, 6.45) is 3.13. The fraction of sp³-hybridized carbons (Fsp3) is 0.529. The summed E-state index contributed by atoms with van der Waals surface area (Å²) in [6.45, 7) is 4.48. The topological polar surface area (TPSA) is 90.3 Å². The molecule has 2 aliphatic rings. The van der Waals surface area contributed by atoms with Crippen LogP contribution in [0.3, 0.4) is 0 Å². The summed E-state index contributed by atoms with van der Waals surface area (Å²) < 4.78 is 14.8. The molecule has 2 aromatic rings. The van der Waals surface area contributed by atoms with Crippen LogP contribution in [0.1, 0.15) is 18.9 Å². The number of aromatic nitrogens is 2. The lowest BCUT2D eigenvalue weighted by atomic mass is 9.87. The SMILES string of the molecule is CCN1CC[C@H](C(C(N)=O)N2Cc3c(cnc4[nH]ccc34)N2)[C@H](F)C1. The summed E-state index contributed by atoms with van der Waals surface area (Å²) in [5.41, 5.74) is 11.6. The molecule has 0 radical (unpaired) electrons. The number of rotatable bonds is 4. The summed E-state index contributed by atoms with van der Waals surface area (Å²) in [4.78, 5) is 21.7. The van der Waals surface area contributed by atoms with Gasteiger partial charge in [0.25, 0.3) is 0 Å². The lowest BCUT2D eigenvalue weighted by molar-refractivity contribution is -0.127. The van der Waals surface area contributed by atoms with E-state index in [4.69, 9.17) is 5.73 Å². The van der Waals surface area contributed by atoms with E-state index in [1.165, 1.54) is 0 Å². The van der Waals surface area contributed by atoms with E-state index in [1.807, 2.05) is 19.2 Å². The number of piperidine rings is 1. The van der Waals surface area contributed by atoms with Gasteiger partial charge in [0.15, 0.2) is 0 Å². The Morgan fingerprint density at radius 3 is 3.12 bits per heavy atom. The molecule has 4 N–H and O–H groups in total. The molecule has 0 bridgehead atoms. The molecule has 0 saturated carbocycles. The number of nitrogens with one attached hydrogen (secondary N) is 2. The van der Waals surface area contributed by atoms with Crippen LogP contribution in [0.5, 0.6) is 0 Å². The van der Waals surface area contributed by atoms with Crippen molar-refractivity contribution in [3.05, 3.63) is 24.0 Å². The van der Waals surface area contributed by atoms with Crippen LogP contribution in [0.4, 0.5) is 10.1 Å². The maximum absolute atomic E-state index is 14.8. The number of hydrogen-bond acceptors (Lipinski definition) is 5. The highest BCUT2D eigenvalue weighted by atomic mass is 19.1. The molecule has 0 aliphatic carbocycles. The van der Waals surface area contributed by atoms with E-state index in [0.29, 0.717) is 19.5 Å². The van der Waals surface area contributed by atoms with Crippen molar-refractivity contribution in [3.63, 3.8) is 0 Å². The van der Waals surface area contributed by atoms with Crippen molar-refractivity contribution in [2.24, 2.45) is 11.7 Å². The van der Waals surface area contributed by atoms with E-state index in [1.54, 1.807) is 11.2 Å². The number of likely N-dealkylation sites (tertiary alicyclic amines) is 1. The summed E-state index contributed by atoms with van der Waals surface area (Å²) in [6, 6.07) is 1.28. The number of aromatic amines is 1. The van der Waals surface area contributed by atoms with Gasteiger partial charge in [-0.05, 0) is 25.6 Å². The van der Waals surface area contributed by atoms with E-state index < -0.39 is 24.0 Å². The van der Waals surface area contributed by atoms with Gasteiger partial charge in [0, 0.05) is 36.2 Å². The zero-order valence-electron chi connectivity index (χ0n) is 14.2. The van der Waals surface area contributed by atoms with Gasteiger partial charge < -0.3 is 21.0 Å². The van der Waals surface area contributed by atoms with Crippen molar-refractivity contribution in [1.29, 1.82) is 0 Å². The highest BCUT2D eigenvalue weighted by Crippen LogP contribution is 2.35. The highest BCUT2D eigenvalue weighted by Gasteiger charge is 2.42. The van der Waals surface area contributed by atoms with E-state index >= 15 is 0 Å². The molecular formula is C17H23FN6O. The Labute approximate surface area is 145 Å². The van der Waals surface area contributed by atoms with Gasteiger partial charge in [-0.2, -0.15) is 0 Å². The summed E-state index contributed by atoms with van der Waals surface area (Å²) in [5.74, 6) is -0.895. The first kappa shape index (κ1) is 16.3. The smallest absolute Gasteiger partial charge is 0.237 e. The van der Waals surface area contributed by atoms with Gasteiger partial charge in [-0.3, -0.25) is 4.79 Å². The van der Waals surface area contributed by atoms with Gasteiger partial charge in [0.05, 0.1) is 11.9 Å². The zero-order valence-corrected chi connectivity index (χ0v) is 14.2. The molecule has 0 aromatic carbocycles. The quantitative estimate of drug-likeness (QED) is 0.775. The summed E-state index contributed by atoms with van der Waals surface area (Å²) in [5, 5.41) is 2.79. The molecule has 8 heteroatoms. The molecule has 1 saturated heterocycles. The molecule has 0 spiro atoms. The molecule has 1 unspecified atom stereocenters. The van der Waals surface area contributed by atoms with Crippen LogP contribution in [0.2, 0.25) is 0 Å². The molecule has 2 aliphatic heterocycles. The zero-order chi connectivity index (χ0) is 17.6. The van der Waals surface area contributed by atoms with Crippen molar-refractivity contribution >= 4 is 22.6 Å². The number of anilines is 1. The number of carbonyl (C=O) groups excluding carboxylic acids is 1. The molecule has 4 heterocycles. The number of H-pyrrole nitrogens is 1. The third-order valence-electron chi connectivity index (χ3n) is 5.45. The molecule has 2 aromatic heterocycles. The van der Waals surface area contributed by atoms with E-state index in [2.05, 4.69) is 20.3 Å². The van der Waals surface area contributed by atoms with Crippen molar-refractivity contribution in [1.82, 2.24) is 19.9 Å². The predicted molar refractivity (Wildman–Crippen MR) is 93.4 cm³/mol. The van der Waals surface area contributed by atoms with Gasteiger partial charge >= 0.3 is 0 Å². The average molecular weight is 346 g/mol. The first-order valence-electron chi connectivity index (χ1n) is 8.72. The third kappa shape index (κ3) is 2.75. The number of halogens is 1. The van der Waals surface area contributed by atoms with Gasteiger partial charge in [-0.15, -0.1) is 0 Å². The van der Waals surface area contributed by atoms with Crippen molar-refractivity contribution in [2.75, 3.05) is 25.1 Å². The Morgan fingerprint density at radius 1 is 1.56 bits per heavy atom. The Morgan fingerprint density at radius 2 is 2.40 bits per heavy atom. The number of carbonyl (C=O) groups is 1. The molecular weight excluding hydrogens is 323 g/mol. The number of hydrazine groups is 1.